The lowest BCUT2D eigenvalue weighted by atomic mass is 10.2. The van der Waals surface area contributed by atoms with Crippen LogP contribution in [-0.4, -0.2) is 33.2 Å². The molecule has 88 valence electrons. The highest BCUT2D eigenvalue weighted by atomic mass is 16.5. The fourth-order valence-corrected chi connectivity index (χ4v) is 1.36. The number of aromatic nitrogens is 2. The zero-order valence-electron chi connectivity index (χ0n) is 9.21. The number of nitrogens with zero attached hydrogens (tertiary/aromatic N) is 2. The number of esters is 1. The molecule has 1 aromatic heterocycles. The first-order chi connectivity index (χ1) is 7.60. The number of rotatable bonds is 5. The van der Waals surface area contributed by atoms with E-state index in [2.05, 4.69) is 4.98 Å². The van der Waals surface area contributed by atoms with Gasteiger partial charge in [-0.15, -0.1) is 0 Å². The Morgan fingerprint density at radius 3 is 2.69 bits per heavy atom. The maximum Gasteiger partial charge on any atom is 0.356 e. The molecule has 0 radical (unpaired) electrons. The fraction of sp³-hybridized carbons (Fsp3) is 0.500. The Morgan fingerprint density at radius 2 is 2.25 bits per heavy atom. The van der Waals surface area contributed by atoms with Gasteiger partial charge in [0.25, 0.3) is 0 Å². The zero-order valence-corrected chi connectivity index (χ0v) is 9.21. The van der Waals surface area contributed by atoms with Gasteiger partial charge < -0.3 is 14.4 Å². The first kappa shape index (κ1) is 12.2. The Kier molecular flexibility index (Phi) is 4.04. The van der Waals surface area contributed by atoms with E-state index in [1.54, 1.807) is 6.92 Å². The van der Waals surface area contributed by atoms with Crippen molar-refractivity contribution in [1.82, 2.24) is 9.55 Å². The monoisotopic (exact) mass is 226 g/mol. The summed E-state index contributed by atoms with van der Waals surface area (Å²) < 4.78 is 6.34. The van der Waals surface area contributed by atoms with E-state index in [1.807, 2.05) is 6.92 Å². The van der Waals surface area contributed by atoms with Crippen LogP contribution in [0.1, 0.15) is 36.8 Å². The molecule has 0 aliphatic heterocycles. The molecule has 1 heterocycles. The van der Waals surface area contributed by atoms with Gasteiger partial charge in [-0.2, -0.15) is 0 Å². The third kappa shape index (κ3) is 2.59. The molecule has 1 atom stereocenters. The van der Waals surface area contributed by atoms with Crippen molar-refractivity contribution in [2.24, 2.45) is 0 Å². The van der Waals surface area contributed by atoms with Crippen molar-refractivity contribution in [3.05, 3.63) is 18.2 Å². The molecule has 0 fully saturated rings. The number of imidazole rings is 1. The summed E-state index contributed by atoms with van der Waals surface area (Å²) >= 11 is 0. The summed E-state index contributed by atoms with van der Waals surface area (Å²) in [5.41, 5.74) is -0.0808. The molecule has 16 heavy (non-hydrogen) atoms. The van der Waals surface area contributed by atoms with Gasteiger partial charge in [-0.1, -0.05) is 6.92 Å². The predicted octanol–water partition coefficient (Wildman–Crippen LogP) is 1.10. The van der Waals surface area contributed by atoms with E-state index in [0.717, 1.165) is 0 Å². The molecule has 0 spiro atoms. The molecule has 0 aliphatic carbocycles. The van der Waals surface area contributed by atoms with Gasteiger partial charge in [0.1, 0.15) is 6.04 Å². The van der Waals surface area contributed by atoms with Crippen LogP contribution in [0.25, 0.3) is 0 Å². The van der Waals surface area contributed by atoms with E-state index in [9.17, 15) is 9.59 Å². The van der Waals surface area contributed by atoms with Gasteiger partial charge in [-0.25, -0.2) is 14.6 Å². The maximum absolute atomic E-state index is 11.5. The van der Waals surface area contributed by atoms with Crippen LogP contribution in [0.2, 0.25) is 0 Å². The number of carboxylic acid groups (broad SMARTS) is 1. The number of hydrogen-bond acceptors (Lipinski definition) is 4. The van der Waals surface area contributed by atoms with E-state index in [0.29, 0.717) is 13.0 Å². The molecule has 0 amide bonds. The van der Waals surface area contributed by atoms with Crippen molar-refractivity contribution in [3.8, 4) is 0 Å². The van der Waals surface area contributed by atoms with Crippen molar-refractivity contribution < 1.29 is 19.4 Å². The molecule has 1 unspecified atom stereocenters. The quantitative estimate of drug-likeness (QED) is 0.760. The molecule has 1 aromatic rings. The normalized spacial score (nSPS) is 12.1. The summed E-state index contributed by atoms with van der Waals surface area (Å²) in [6.45, 7) is 3.85. The summed E-state index contributed by atoms with van der Waals surface area (Å²) in [6.07, 6.45) is 3.18. The summed E-state index contributed by atoms with van der Waals surface area (Å²) in [5.74, 6) is -1.49. The number of carboxylic acids is 1. The minimum absolute atomic E-state index is 0.0808. The standard InChI is InChI=1S/C10H14N2O4/c1-3-8(10(15)16-4-2)12-5-7(9(13)14)11-6-12/h5-6,8H,3-4H2,1-2H3,(H,13,14). The molecule has 0 saturated carbocycles. The highest BCUT2D eigenvalue weighted by Crippen LogP contribution is 2.14. The Balaban J connectivity index is 2.86. The van der Waals surface area contributed by atoms with Crippen molar-refractivity contribution in [2.45, 2.75) is 26.3 Å². The average Bonchev–Trinajstić information content (AvgIpc) is 2.68. The number of aromatic carboxylic acids is 1. The Bertz CT molecular complexity index is 386. The van der Waals surface area contributed by atoms with Crippen molar-refractivity contribution in [1.29, 1.82) is 0 Å². The topological polar surface area (TPSA) is 81.4 Å². The molecule has 1 rings (SSSR count). The SMILES string of the molecule is CCOC(=O)C(CC)n1cnc(C(=O)O)c1. The second kappa shape index (κ2) is 5.29. The first-order valence-corrected chi connectivity index (χ1v) is 5.03. The van der Waals surface area contributed by atoms with E-state index in [4.69, 9.17) is 9.84 Å². The minimum atomic E-state index is -1.11. The Labute approximate surface area is 92.9 Å². The molecule has 0 bridgehead atoms. The third-order valence-electron chi connectivity index (χ3n) is 2.13. The number of carbonyl (C=O) groups excluding carboxylic acids is 1. The molecule has 1 N–H and O–H groups in total. The number of ether oxygens (including phenoxy) is 1. The van der Waals surface area contributed by atoms with E-state index < -0.39 is 12.0 Å². The third-order valence-corrected chi connectivity index (χ3v) is 2.13. The van der Waals surface area contributed by atoms with Gasteiger partial charge in [-0.05, 0) is 13.3 Å². The molecule has 0 saturated heterocycles. The first-order valence-electron chi connectivity index (χ1n) is 5.03. The average molecular weight is 226 g/mol. The molecular weight excluding hydrogens is 212 g/mol. The maximum atomic E-state index is 11.5. The summed E-state index contributed by atoms with van der Waals surface area (Å²) in [5, 5.41) is 8.70. The molecular formula is C10H14N2O4. The van der Waals surface area contributed by atoms with Crippen LogP contribution < -0.4 is 0 Å². The van der Waals surface area contributed by atoms with E-state index >= 15 is 0 Å². The zero-order chi connectivity index (χ0) is 12.1. The van der Waals surface area contributed by atoms with Crippen LogP contribution in [0.15, 0.2) is 12.5 Å². The van der Waals surface area contributed by atoms with Crippen LogP contribution in [-0.2, 0) is 9.53 Å². The lowest BCUT2D eigenvalue weighted by Gasteiger charge is -2.14. The summed E-state index contributed by atoms with van der Waals surface area (Å²) in [7, 11) is 0. The van der Waals surface area contributed by atoms with E-state index in [1.165, 1.54) is 17.1 Å². The minimum Gasteiger partial charge on any atom is -0.476 e. The Morgan fingerprint density at radius 1 is 1.56 bits per heavy atom. The smallest absolute Gasteiger partial charge is 0.356 e. The van der Waals surface area contributed by atoms with Gasteiger partial charge in [-0.3, -0.25) is 0 Å². The van der Waals surface area contributed by atoms with Gasteiger partial charge in [0, 0.05) is 6.20 Å². The van der Waals surface area contributed by atoms with Crippen LogP contribution in [0.5, 0.6) is 0 Å². The van der Waals surface area contributed by atoms with E-state index in [-0.39, 0.29) is 11.7 Å². The van der Waals surface area contributed by atoms with Crippen LogP contribution in [0.4, 0.5) is 0 Å². The fourth-order valence-electron chi connectivity index (χ4n) is 1.36. The highest BCUT2D eigenvalue weighted by molar-refractivity contribution is 5.85. The van der Waals surface area contributed by atoms with Gasteiger partial charge in [0.05, 0.1) is 12.9 Å². The predicted molar refractivity (Wildman–Crippen MR) is 55.1 cm³/mol. The molecule has 6 nitrogen and oxygen atoms in total. The highest BCUT2D eigenvalue weighted by Gasteiger charge is 2.20. The second-order valence-corrected chi connectivity index (χ2v) is 3.19. The van der Waals surface area contributed by atoms with Crippen molar-refractivity contribution in [2.75, 3.05) is 6.61 Å². The summed E-state index contributed by atoms with van der Waals surface area (Å²) in [4.78, 5) is 25.8. The second-order valence-electron chi connectivity index (χ2n) is 3.19. The lowest BCUT2D eigenvalue weighted by Crippen LogP contribution is -2.20. The van der Waals surface area contributed by atoms with Crippen molar-refractivity contribution in [3.63, 3.8) is 0 Å². The van der Waals surface area contributed by atoms with Crippen molar-refractivity contribution >= 4 is 11.9 Å². The van der Waals surface area contributed by atoms with Gasteiger partial charge in [0.15, 0.2) is 5.69 Å². The molecule has 0 aliphatic rings. The van der Waals surface area contributed by atoms with Crippen LogP contribution in [0.3, 0.4) is 0 Å². The van der Waals surface area contributed by atoms with Crippen LogP contribution >= 0.6 is 0 Å². The largest absolute Gasteiger partial charge is 0.476 e. The number of carbonyl (C=O) groups is 2. The van der Waals surface area contributed by atoms with Crippen LogP contribution in [0, 0.1) is 0 Å². The number of hydrogen-bond donors (Lipinski definition) is 1. The molecule has 6 heteroatoms. The lowest BCUT2D eigenvalue weighted by molar-refractivity contribution is -0.147. The van der Waals surface area contributed by atoms with Gasteiger partial charge in [0.2, 0.25) is 0 Å². The Hall–Kier alpha value is -1.85. The van der Waals surface area contributed by atoms with Gasteiger partial charge >= 0.3 is 11.9 Å². The summed E-state index contributed by atoms with van der Waals surface area (Å²) in [6, 6.07) is -0.513. The molecule has 0 aromatic carbocycles.